The van der Waals surface area contributed by atoms with Crippen LogP contribution in [0.15, 0.2) is 36.5 Å². The zero-order valence-electron chi connectivity index (χ0n) is 19.2. The summed E-state index contributed by atoms with van der Waals surface area (Å²) in [5.74, 6) is 0.126. The summed E-state index contributed by atoms with van der Waals surface area (Å²) >= 11 is 0. The number of nitrogens with zero attached hydrogens (tertiary/aromatic N) is 4. The van der Waals surface area contributed by atoms with Gasteiger partial charge in [0.25, 0.3) is 6.43 Å². The fraction of sp³-hybridized carbons (Fsp3) is 0.375. The molecule has 0 saturated carbocycles. The Bertz CT molecular complexity index is 1200. The molecule has 0 spiro atoms. The fourth-order valence-electron chi connectivity index (χ4n) is 4.17. The quantitative estimate of drug-likeness (QED) is 0.566. The number of pyridine rings is 2. The molecule has 1 saturated heterocycles. The number of benzene rings is 1. The summed E-state index contributed by atoms with van der Waals surface area (Å²) in [6.45, 7) is 5.68. The van der Waals surface area contributed by atoms with Crippen LogP contribution in [0.3, 0.4) is 0 Å². The van der Waals surface area contributed by atoms with Crippen LogP contribution in [-0.4, -0.2) is 54.1 Å². The average Bonchev–Trinajstić information content (AvgIpc) is 2.83. The van der Waals surface area contributed by atoms with Crippen molar-refractivity contribution in [2.45, 2.75) is 26.3 Å². The number of aromatic nitrogens is 2. The summed E-state index contributed by atoms with van der Waals surface area (Å²) in [4.78, 5) is 24.5. The van der Waals surface area contributed by atoms with Crippen LogP contribution in [0.1, 0.15) is 37.4 Å². The third kappa shape index (κ3) is 4.57. The van der Waals surface area contributed by atoms with Gasteiger partial charge in [-0.15, -0.1) is 0 Å². The molecule has 10 heteroatoms. The Morgan fingerprint density at radius 2 is 1.85 bits per heavy atom. The van der Waals surface area contributed by atoms with Gasteiger partial charge < -0.3 is 19.9 Å². The normalized spacial score (nSPS) is 15.0. The van der Waals surface area contributed by atoms with E-state index < -0.39 is 23.8 Å². The van der Waals surface area contributed by atoms with E-state index in [0.29, 0.717) is 54.5 Å². The Hall–Kier alpha value is -3.56. The van der Waals surface area contributed by atoms with E-state index in [-0.39, 0.29) is 11.5 Å². The van der Waals surface area contributed by atoms with Crippen LogP contribution in [0.5, 0.6) is 5.88 Å². The highest BCUT2D eigenvalue weighted by molar-refractivity contribution is 5.95. The highest BCUT2D eigenvalue weighted by atomic mass is 19.3. The van der Waals surface area contributed by atoms with Crippen LogP contribution in [0.2, 0.25) is 0 Å². The molecule has 3 heterocycles. The third-order valence-electron chi connectivity index (χ3n) is 6.06. The molecule has 1 N–H and O–H groups in total. The van der Waals surface area contributed by atoms with E-state index in [1.165, 1.54) is 19.2 Å². The lowest BCUT2D eigenvalue weighted by atomic mass is 10.0. The van der Waals surface area contributed by atoms with E-state index in [1.54, 1.807) is 31.0 Å². The van der Waals surface area contributed by atoms with Crippen molar-refractivity contribution in [2.24, 2.45) is 0 Å². The van der Waals surface area contributed by atoms with Gasteiger partial charge in [0.1, 0.15) is 17.2 Å². The van der Waals surface area contributed by atoms with Crippen molar-refractivity contribution in [3.05, 3.63) is 53.5 Å². The number of rotatable bonds is 6. The maximum absolute atomic E-state index is 14.7. The van der Waals surface area contributed by atoms with Crippen molar-refractivity contribution in [2.75, 3.05) is 43.5 Å². The summed E-state index contributed by atoms with van der Waals surface area (Å²) in [5.41, 5.74) is 0.684. The largest absolute Gasteiger partial charge is 0.479 e. The van der Waals surface area contributed by atoms with Gasteiger partial charge in [0.15, 0.2) is 0 Å². The maximum atomic E-state index is 14.7. The number of alkyl halides is 2. The van der Waals surface area contributed by atoms with E-state index in [0.717, 1.165) is 6.07 Å². The Morgan fingerprint density at radius 3 is 2.50 bits per heavy atom. The van der Waals surface area contributed by atoms with Crippen molar-refractivity contribution >= 4 is 28.3 Å². The summed E-state index contributed by atoms with van der Waals surface area (Å²) in [6.07, 6.45) is -1.31. The Balaban J connectivity index is 1.68. The molecule has 4 rings (SSSR count). The Labute approximate surface area is 195 Å². The first-order chi connectivity index (χ1) is 16.3. The van der Waals surface area contributed by atoms with Gasteiger partial charge in [-0.25, -0.2) is 13.2 Å². The summed E-state index contributed by atoms with van der Waals surface area (Å²) in [6, 6.07) is 7.02. The molecular weight excluding hydrogens is 447 g/mol. The molecule has 3 aromatic rings. The number of hydrogen-bond donors (Lipinski definition) is 1. The molecule has 0 bridgehead atoms. The second-order valence-electron chi connectivity index (χ2n) is 8.15. The molecule has 2 aromatic heterocycles. The first-order valence-electron chi connectivity index (χ1n) is 11.0. The number of fused-ring (bicyclic) bond motifs is 1. The highest BCUT2D eigenvalue weighted by Gasteiger charge is 2.23. The molecule has 34 heavy (non-hydrogen) atoms. The molecule has 180 valence electrons. The highest BCUT2D eigenvalue weighted by Crippen LogP contribution is 2.34. The number of piperazine rings is 1. The molecule has 0 radical (unpaired) electrons. The minimum absolute atomic E-state index is 0.0384. The molecule has 1 aliphatic heterocycles. The van der Waals surface area contributed by atoms with E-state index in [1.807, 2.05) is 6.07 Å². The first-order valence-corrected chi connectivity index (χ1v) is 11.0. The second kappa shape index (κ2) is 9.74. The second-order valence-corrected chi connectivity index (χ2v) is 8.15. The summed E-state index contributed by atoms with van der Waals surface area (Å²) in [7, 11) is 1.51. The number of halogens is 3. The molecule has 0 aliphatic carbocycles. The molecule has 7 nitrogen and oxygen atoms in total. The predicted octanol–water partition coefficient (Wildman–Crippen LogP) is 4.56. The number of amides is 1. The molecule has 1 aromatic carbocycles. The van der Waals surface area contributed by atoms with Crippen LogP contribution in [0, 0.1) is 5.82 Å². The van der Waals surface area contributed by atoms with Gasteiger partial charge in [-0.3, -0.25) is 9.78 Å². The Morgan fingerprint density at radius 1 is 1.15 bits per heavy atom. The standard InChI is InChI=1S/C24H26F3N5O2/c1-14(16-5-4-6-17(21(16)25)23(26)27)29-19-7-8-28-22-18(19)13-20(30-24(22)34-3)32-11-9-31(10-12-32)15(2)33/h4-8,13-14,23H,9-12H2,1-3H3,(H,28,29)/t14-/m1/s1. The van der Waals surface area contributed by atoms with Crippen LogP contribution in [-0.2, 0) is 4.79 Å². The summed E-state index contributed by atoms with van der Waals surface area (Å²) in [5, 5.41) is 3.94. The number of nitrogens with one attached hydrogen (secondary N) is 1. The van der Waals surface area contributed by atoms with Crippen molar-refractivity contribution in [1.29, 1.82) is 0 Å². The number of ether oxygens (including phenoxy) is 1. The molecule has 0 unspecified atom stereocenters. The molecule has 1 aliphatic rings. The van der Waals surface area contributed by atoms with Gasteiger partial charge in [0.05, 0.1) is 18.7 Å². The zero-order chi connectivity index (χ0) is 24.4. The lowest BCUT2D eigenvalue weighted by molar-refractivity contribution is -0.129. The van der Waals surface area contributed by atoms with E-state index >= 15 is 0 Å². The SMILES string of the molecule is COc1nc(N2CCN(C(C)=O)CC2)cc2c(N[C@H](C)c3cccc(C(F)F)c3F)ccnc12. The van der Waals surface area contributed by atoms with E-state index in [2.05, 4.69) is 20.2 Å². The number of carbonyl (C=O) groups excluding carboxylic acids is 1. The van der Waals surface area contributed by atoms with Crippen LogP contribution < -0.4 is 15.0 Å². The lowest BCUT2D eigenvalue weighted by Gasteiger charge is -2.35. The predicted molar refractivity (Wildman–Crippen MR) is 124 cm³/mol. The zero-order valence-corrected chi connectivity index (χ0v) is 19.2. The van der Waals surface area contributed by atoms with Crippen molar-refractivity contribution in [3.8, 4) is 5.88 Å². The van der Waals surface area contributed by atoms with E-state index in [9.17, 15) is 18.0 Å². The van der Waals surface area contributed by atoms with Gasteiger partial charge in [0.2, 0.25) is 11.8 Å². The van der Waals surface area contributed by atoms with Gasteiger partial charge >= 0.3 is 0 Å². The number of methoxy groups -OCH3 is 1. The van der Waals surface area contributed by atoms with Crippen LogP contribution >= 0.6 is 0 Å². The fourth-order valence-corrected chi connectivity index (χ4v) is 4.17. The summed E-state index contributed by atoms with van der Waals surface area (Å²) < 4.78 is 46.5. The third-order valence-corrected chi connectivity index (χ3v) is 6.06. The van der Waals surface area contributed by atoms with Crippen LogP contribution in [0.4, 0.5) is 24.7 Å². The van der Waals surface area contributed by atoms with Gasteiger partial charge in [-0.1, -0.05) is 18.2 Å². The number of carbonyl (C=O) groups is 1. The topological polar surface area (TPSA) is 70.6 Å². The molecule has 1 atom stereocenters. The smallest absolute Gasteiger partial charge is 0.266 e. The first kappa shape index (κ1) is 23.6. The van der Waals surface area contributed by atoms with Crippen molar-refractivity contribution < 1.29 is 22.7 Å². The van der Waals surface area contributed by atoms with Gasteiger partial charge in [-0.05, 0) is 19.1 Å². The maximum Gasteiger partial charge on any atom is 0.266 e. The molecular formula is C24H26F3N5O2. The minimum Gasteiger partial charge on any atom is -0.479 e. The van der Waals surface area contributed by atoms with Gasteiger partial charge in [-0.2, -0.15) is 4.98 Å². The monoisotopic (exact) mass is 473 g/mol. The minimum atomic E-state index is -2.89. The lowest BCUT2D eigenvalue weighted by Crippen LogP contribution is -2.48. The number of hydrogen-bond acceptors (Lipinski definition) is 6. The molecule has 1 fully saturated rings. The van der Waals surface area contributed by atoms with Crippen molar-refractivity contribution in [1.82, 2.24) is 14.9 Å². The van der Waals surface area contributed by atoms with Gasteiger partial charge in [0, 0.05) is 55.9 Å². The van der Waals surface area contributed by atoms with Crippen molar-refractivity contribution in [3.63, 3.8) is 0 Å². The average molecular weight is 473 g/mol. The van der Waals surface area contributed by atoms with E-state index in [4.69, 9.17) is 4.74 Å². The Kier molecular flexibility index (Phi) is 6.76. The number of anilines is 2. The molecule has 1 amide bonds. The van der Waals surface area contributed by atoms with Crippen LogP contribution in [0.25, 0.3) is 10.9 Å².